The predicted molar refractivity (Wildman–Crippen MR) is 93.3 cm³/mol. The summed E-state index contributed by atoms with van der Waals surface area (Å²) in [5.41, 5.74) is 4.15. The van der Waals surface area contributed by atoms with Crippen LogP contribution in [0.3, 0.4) is 0 Å². The molecule has 5 heteroatoms. The van der Waals surface area contributed by atoms with Gasteiger partial charge in [-0.15, -0.1) is 24.8 Å². The van der Waals surface area contributed by atoms with Crippen LogP contribution in [0.1, 0.15) is 37.8 Å². The van der Waals surface area contributed by atoms with Crippen molar-refractivity contribution < 1.29 is 4.74 Å². The number of ether oxygens (including phenoxy) is 1. The van der Waals surface area contributed by atoms with Gasteiger partial charge in [0.25, 0.3) is 0 Å². The Bertz CT molecular complexity index is 495. The number of halogens is 2. The Hall–Kier alpha value is -0.480. The summed E-state index contributed by atoms with van der Waals surface area (Å²) >= 11 is 0. The van der Waals surface area contributed by atoms with Crippen LogP contribution in [0.25, 0.3) is 0 Å². The predicted octanol–water partition coefficient (Wildman–Crippen LogP) is 3.35. The van der Waals surface area contributed by atoms with Crippen molar-refractivity contribution in [3.63, 3.8) is 0 Å². The first-order valence-electron chi connectivity index (χ1n) is 7.22. The highest BCUT2D eigenvalue weighted by atomic mass is 35.5. The van der Waals surface area contributed by atoms with Crippen molar-refractivity contribution in [2.24, 2.45) is 0 Å². The average Bonchev–Trinajstić information content (AvgIpc) is 2.79. The van der Waals surface area contributed by atoms with Crippen LogP contribution in [0.15, 0.2) is 18.2 Å². The molecule has 21 heavy (non-hydrogen) atoms. The lowest BCUT2D eigenvalue weighted by Gasteiger charge is -2.39. The topological polar surface area (TPSA) is 24.5 Å². The summed E-state index contributed by atoms with van der Waals surface area (Å²) in [5.74, 6) is 0.483. The van der Waals surface area contributed by atoms with Gasteiger partial charge >= 0.3 is 0 Å². The van der Waals surface area contributed by atoms with Gasteiger partial charge in [-0.1, -0.05) is 12.1 Å². The molecule has 3 nitrogen and oxygen atoms in total. The van der Waals surface area contributed by atoms with E-state index in [9.17, 15) is 0 Å². The van der Waals surface area contributed by atoms with Gasteiger partial charge in [-0.05, 0) is 32.4 Å². The molecule has 0 radical (unpaired) electrons. The van der Waals surface area contributed by atoms with Gasteiger partial charge in [-0.25, -0.2) is 0 Å². The van der Waals surface area contributed by atoms with Gasteiger partial charge in [-0.2, -0.15) is 0 Å². The normalized spacial score (nSPS) is 26.4. The molecule has 0 unspecified atom stereocenters. The molecule has 0 spiro atoms. The van der Waals surface area contributed by atoms with Gasteiger partial charge < -0.3 is 15.0 Å². The molecule has 0 aliphatic carbocycles. The molecule has 0 bridgehead atoms. The van der Waals surface area contributed by atoms with E-state index in [0.29, 0.717) is 12.0 Å². The minimum absolute atomic E-state index is 0. The van der Waals surface area contributed by atoms with Crippen LogP contribution < -0.4 is 10.2 Å². The molecule has 2 heterocycles. The Morgan fingerprint density at radius 3 is 2.71 bits per heavy atom. The number of hydrogen-bond acceptors (Lipinski definition) is 3. The first kappa shape index (κ1) is 18.6. The van der Waals surface area contributed by atoms with E-state index in [2.05, 4.69) is 56.2 Å². The van der Waals surface area contributed by atoms with E-state index in [1.807, 2.05) is 0 Å². The van der Waals surface area contributed by atoms with Crippen molar-refractivity contribution >= 4 is 30.5 Å². The lowest BCUT2D eigenvalue weighted by molar-refractivity contribution is -0.0515. The third kappa shape index (κ3) is 3.02. The molecule has 1 N–H and O–H groups in total. The number of anilines is 1. The molecule has 0 aromatic heterocycles. The molecule has 1 aromatic rings. The molecule has 0 saturated carbocycles. The molecule has 120 valence electrons. The average molecular weight is 333 g/mol. The SMILES string of the molecule is CC(C)N(C)c1cccc2c1CO[C@]1(C)CNC[C@H]21.Cl.Cl. The third-order valence-electron chi connectivity index (χ3n) is 4.83. The summed E-state index contributed by atoms with van der Waals surface area (Å²) in [6.45, 7) is 9.41. The van der Waals surface area contributed by atoms with E-state index < -0.39 is 0 Å². The highest BCUT2D eigenvalue weighted by molar-refractivity contribution is 5.85. The van der Waals surface area contributed by atoms with Crippen LogP contribution in [0.5, 0.6) is 0 Å². The van der Waals surface area contributed by atoms with Crippen molar-refractivity contribution in [1.29, 1.82) is 0 Å². The third-order valence-corrected chi connectivity index (χ3v) is 4.83. The zero-order chi connectivity index (χ0) is 13.6. The largest absolute Gasteiger partial charge is 0.372 e. The molecule has 2 atom stereocenters. The van der Waals surface area contributed by atoms with E-state index in [1.54, 1.807) is 0 Å². The van der Waals surface area contributed by atoms with Crippen LogP contribution >= 0.6 is 24.8 Å². The summed E-state index contributed by atoms with van der Waals surface area (Å²) in [7, 11) is 2.17. The smallest absolute Gasteiger partial charge is 0.0863 e. The number of hydrogen-bond donors (Lipinski definition) is 1. The maximum absolute atomic E-state index is 6.20. The second kappa shape index (κ2) is 6.74. The van der Waals surface area contributed by atoms with E-state index in [-0.39, 0.29) is 30.4 Å². The summed E-state index contributed by atoms with van der Waals surface area (Å²) < 4.78 is 6.20. The van der Waals surface area contributed by atoms with E-state index in [1.165, 1.54) is 16.8 Å². The summed E-state index contributed by atoms with van der Waals surface area (Å²) in [6, 6.07) is 7.19. The molecule has 3 rings (SSSR count). The fraction of sp³-hybridized carbons (Fsp3) is 0.625. The maximum Gasteiger partial charge on any atom is 0.0863 e. The van der Waals surface area contributed by atoms with Gasteiger partial charge in [0, 0.05) is 43.3 Å². The summed E-state index contributed by atoms with van der Waals surface area (Å²) in [6.07, 6.45) is 0. The highest BCUT2D eigenvalue weighted by Gasteiger charge is 2.45. The van der Waals surface area contributed by atoms with Gasteiger partial charge in [0.2, 0.25) is 0 Å². The Morgan fingerprint density at radius 2 is 2.05 bits per heavy atom. The molecular formula is C16H26Cl2N2O. The van der Waals surface area contributed by atoms with Gasteiger partial charge in [0.05, 0.1) is 12.2 Å². The fourth-order valence-corrected chi connectivity index (χ4v) is 3.32. The number of nitrogens with zero attached hydrogens (tertiary/aromatic N) is 1. The van der Waals surface area contributed by atoms with Crippen molar-refractivity contribution in [2.45, 2.75) is 44.9 Å². The summed E-state index contributed by atoms with van der Waals surface area (Å²) in [5, 5.41) is 3.48. The lowest BCUT2D eigenvalue weighted by Crippen LogP contribution is -2.40. The lowest BCUT2D eigenvalue weighted by atomic mass is 9.81. The first-order valence-corrected chi connectivity index (χ1v) is 7.22. The number of benzene rings is 1. The van der Waals surface area contributed by atoms with E-state index in [4.69, 9.17) is 4.74 Å². The van der Waals surface area contributed by atoms with Gasteiger partial charge in [0.1, 0.15) is 0 Å². The minimum Gasteiger partial charge on any atom is -0.372 e. The standard InChI is InChI=1S/C16H24N2O.2ClH/c1-11(2)18(4)15-7-5-6-12-13(15)9-19-16(3)10-17-8-14(12)16;;/h5-7,11,14,17H,8-10H2,1-4H3;2*1H/t14-,16-;;/m1../s1. The maximum atomic E-state index is 6.20. The zero-order valence-corrected chi connectivity index (χ0v) is 14.8. The number of nitrogens with one attached hydrogen (secondary N) is 1. The van der Waals surface area contributed by atoms with Gasteiger partial charge in [-0.3, -0.25) is 0 Å². The molecular weight excluding hydrogens is 307 g/mol. The van der Waals surface area contributed by atoms with E-state index in [0.717, 1.165) is 19.7 Å². The van der Waals surface area contributed by atoms with E-state index >= 15 is 0 Å². The fourth-order valence-electron chi connectivity index (χ4n) is 3.32. The van der Waals surface area contributed by atoms with Crippen LogP contribution in [0, 0.1) is 0 Å². The Balaban J connectivity index is 0.00000110. The Morgan fingerprint density at radius 1 is 1.33 bits per heavy atom. The summed E-state index contributed by atoms with van der Waals surface area (Å²) in [4.78, 5) is 2.34. The van der Waals surface area contributed by atoms with Crippen molar-refractivity contribution in [3.8, 4) is 0 Å². The second-order valence-electron chi connectivity index (χ2n) is 6.33. The van der Waals surface area contributed by atoms with Crippen molar-refractivity contribution in [1.82, 2.24) is 5.32 Å². The monoisotopic (exact) mass is 332 g/mol. The molecule has 2 aliphatic heterocycles. The molecule has 1 aromatic carbocycles. The minimum atomic E-state index is -0.0258. The second-order valence-corrected chi connectivity index (χ2v) is 6.33. The Kier molecular flexibility index (Phi) is 5.96. The molecule has 1 saturated heterocycles. The molecule has 2 aliphatic rings. The van der Waals surface area contributed by atoms with Crippen LogP contribution in [-0.4, -0.2) is 31.8 Å². The van der Waals surface area contributed by atoms with Crippen LogP contribution in [0.4, 0.5) is 5.69 Å². The van der Waals surface area contributed by atoms with Gasteiger partial charge in [0.15, 0.2) is 0 Å². The van der Waals surface area contributed by atoms with Crippen molar-refractivity contribution in [2.75, 3.05) is 25.0 Å². The Labute approximate surface area is 140 Å². The number of rotatable bonds is 2. The van der Waals surface area contributed by atoms with Crippen LogP contribution in [0.2, 0.25) is 0 Å². The van der Waals surface area contributed by atoms with Crippen LogP contribution in [-0.2, 0) is 11.3 Å². The zero-order valence-electron chi connectivity index (χ0n) is 13.2. The highest BCUT2D eigenvalue weighted by Crippen LogP contribution is 2.43. The molecule has 0 amide bonds. The van der Waals surface area contributed by atoms with Crippen molar-refractivity contribution in [3.05, 3.63) is 29.3 Å². The number of fused-ring (bicyclic) bond motifs is 3. The molecule has 1 fully saturated rings. The quantitative estimate of drug-likeness (QED) is 0.898. The first-order chi connectivity index (χ1) is 9.03.